The molecule has 2 rings (SSSR count). The van der Waals surface area contributed by atoms with Crippen LogP contribution >= 0.6 is 15.9 Å². The number of likely N-dealkylation sites (N-methyl/N-ethyl adjacent to an activating group) is 1. The van der Waals surface area contributed by atoms with Gasteiger partial charge in [0.2, 0.25) is 5.91 Å². The highest BCUT2D eigenvalue weighted by Gasteiger charge is 2.18. The van der Waals surface area contributed by atoms with Gasteiger partial charge in [0, 0.05) is 16.4 Å². The van der Waals surface area contributed by atoms with E-state index in [1.165, 1.54) is 0 Å². The maximum atomic E-state index is 11.7. The van der Waals surface area contributed by atoms with Gasteiger partial charge in [0.1, 0.15) is 11.3 Å². The maximum Gasteiger partial charge on any atom is 0.236 e. The minimum absolute atomic E-state index is 0.00166. The number of benzene rings is 1. The molecule has 0 aliphatic carbocycles. The summed E-state index contributed by atoms with van der Waals surface area (Å²) in [5.74, 6) is 0.826. The summed E-state index contributed by atoms with van der Waals surface area (Å²) in [4.78, 5) is 11.7. The lowest BCUT2D eigenvalue weighted by molar-refractivity contribution is -0.122. The van der Waals surface area contributed by atoms with Crippen LogP contribution in [-0.4, -0.2) is 18.5 Å². The Balaban J connectivity index is 2.11. The Morgan fingerprint density at radius 2 is 2.10 bits per heavy atom. The van der Waals surface area contributed by atoms with Gasteiger partial charge < -0.3 is 9.73 Å². The molecule has 1 amide bonds. The molecule has 108 valence electrons. The Kier molecular flexibility index (Phi) is 4.83. The number of rotatable bonds is 5. The molecule has 0 fully saturated rings. The van der Waals surface area contributed by atoms with Gasteiger partial charge in [0.25, 0.3) is 0 Å². The van der Waals surface area contributed by atoms with Gasteiger partial charge in [-0.2, -0.15) is 0 Å². The predicted octanol–water partition coefficient (Wildman–Crippen LogP) is 3.37. The van der Waals surface area contributed by atoms with Crippen LogP contribution in [0.2, 0.25) is 0 Å². The summed E-state index contributed by atoms with van der Waals surface area (Å²) in [6.45, 7) is 6.38. The molecule has 5 heteroatoms. The van der Waals surface area contributed by atoms with Gasteiger partial charge in [-0.3, -0.25) is 10.1 Å². The molecular weight excluding hydrogens is 320 g/mol. The van der Waals surface area contributed by atoms with Crippen molar-refractivity contribution in [2.75, 3.05) is 6.54 Å². The summed E-state index contributed by atoms with van der Waals surface area (Å²) in [7, 11) is 0. The van der Waals surface area contributed by atoms with E-state index < -0.39 is 0 Å². The second-order valence-corrected chi connectivity index (χ2v) is 5.75. The second-order valence-electron chi connectivity index (χ2n) is 4.84. The third-order valence-corrected chi connectivity index (χ3v) is 3.66. The monoisotopic (exact) mass is 338 g/mol. The van der Waals surface area contributed by atoms with Crippen molar-refractivity contribution in [1.82, 2.24) is 10.6 Å². The Morgan fingerprint density at radius 1 is 1.35 bits per heavy atom. The van der Waals surface area contributed by atoms with E-state index in [0.29, 0.717) is 6.54 Å². The number of amides is 1. The fourth-order valence-corrected chi connectivity index (χ4v) is 2.49. The van der Waals surface area contributed by atoms with Gasteiger partial charge >= 0.3 is 0 Å². The lowest BCUT2D eigenvalue weighted by atomic mass is 10.2. The van der Waals surface area contributed by atoms with E-state index in [-0.39, 0.29) is 18.0 Å². The van der Waals surface area contributed by atoms with Crippen LogP contribution in [0.4, 0.5) is 0 Å². The molecule has 2 unspecified atom stereocenters. The van der Waals surface area contributed by atoms with E-state index in [9.17, 15) is 4.79 Å². The van der Waals surface area contributed by atoms with Crippen molar-refractivity contribution in [2.24, 2.45) is 0 Å². The van der Waals surface area contributed by atoms with E-state index in [2.05, 4.69) is 26.6 Å². The Hall–Kier alpha value is -1.33. The van der Waals surface area contributed by atoms with Crippen LogP contribution in [0.5, 0.6) is 0 Å². The Labute approximate surface area is 127 Å². The molecule has 4 nitrogen and oxygen atoms in total. The lowest BCUT2D eigenvalue weighted by Crippen LogP contribution is -2.42. The number of carbonyl (C=O) groups excluding carboxylic acids is 1. The molecule has 0 radical (unpaired) electrons. The van der Waals surface area contributed by atoms with Crippen LogP contribution in [0, 0.1) is 0 Å². The quantitative estimate of drug-likeness (QED) is 0.878. The van der Waals surface area contributed by atoms with Crippen molar-refractivity contribution in [3.63, 3.8) is 0 Å². The summed E-state index contributed by atoms with van der Waals surface area (Å²) in [6, 6.07) is 7.61. The van der Waals surface area contributed by atoms with Crippen LogP contribution < -0.4 is 10.6 Å². The molecule has 0 spiro atoms. The number of fused-ring (bicyclic) bond motifs is 1. The van der Waals surface area contributed by atoms with Crippen LogP contribution in [0.15, 0.2) is 33.2 Å². The summed E-state index contributed by atoms with van der Waals surface area (Å²) < 4.78 is 6.83. The Bertz CT molecular complexity index is 609. The van der Waals surface area contributed by atoms with Crippen molar-refractivity contribution >= 4 is 32.8 Å². The zero-order valence-corrected chi connectivity index (χ0v) is 13.5. The third-order valence-electron chi connectivity index (χ3n) is 3.17. The first-order valence-corrected chi connectivity index (χ1v) is 7.53. The first-order valence-electron chi connectivity index (χ1n) is 6.74. The highest BCUT2D eigenvalue weighted by molar-refractivity contribution is 9.10. The van der Waals surface area contributed by atoms with Crippen LogP contribution in [0.1, 0.15) is 32.6 Å². The molecule has 20 heavy (non-hydrogen) atoms. The molecule has 1 heterocycles. The van der Waals surface area contributed by atoms with Crippen LogP contribution in [0.3, 0.4) is 0 Å². The standard InChI is InChI=1S/C15H19BrN2O2/c1-4-17-15(19)10(3)18-9(2)14-8-11-7-12(16)5-6-13(11)20-14/h5-10,18H,4H2,1-3H3,(H,17,19). The van der Waals surface area contributed by atoms with Gasteiger partial charge in [-0.05, 0) is 45.0 Å². The third kappa shape index (κ3) is 3.41. The van der Waals surface area contributed by atoms with Crippen molar-refractivity contribution in [1.29, 1.82) is 0 Å². The second kappa shape index (κ2) is 6.41. The summed E-state index contributed by atoms with van der Waals surface area (Å²) >= 11 is 3.45. The van der Waals surface area contributed by atoms with Crippen LogP contribution in [-0.2, 0) is 4.79 Å². The highest BCUT2D eigenvalue weighted by atomic mass is 79.9. The van der Waals surface area contributed by atoms with Gasteiger partial charge in [0.15, 0.2) is 0 Å². The molecule has 1 aromatic carbocycles. The molecule has 0 aliphatic rings. The molecule has 0 saturated carbocycles. The maximum absolute atomic E-state index is 11.7. The fourth-order valence-electron chi connectivity index (χ4n) is 2.11. The average molecular weight is 339 g/mol. The molecular formula is C15H19BrN2O2. The number of nitrogens with one attached hydrogen (secondary N) is 2. The number of hydrogen-bond donors (Lipinski definition) is 2. The van der Waals surface area contributed by atoms with Gasteiger partial charge in [-0.15, -0.1) is 0 Å². The molecule has 2 N–H and O–H groups in total. The van der Waals surface area contributed by atoms with E-state index in [0.717, 1.165) is 21.2 Å². The fraction of sp³-hybridized carbons (Fsp3) is 0.400. The van der Waals surface area contributed by atoms with Crippen molar-refractivity contribution < 1.29 is 9.21 Å². The molecule has 0 aliphatic heterocycles. The van der Waals surface area contributed by atoms with Crippen molar-refractivity contribution in [2.45, 2.75) is 32.9 Å². The minimum atomic E-state index is -0.259. The predicted molar refractivity (Wildman–Crippen MR) is 83.6 cm³/mol. The molecule has 0 saturated heterocycles. The molecule has 1 aromatic heterocycles. The van der Waals surface area contributed by atoms with E-state index in [4.69, 9.17) is 4.42 Å². The Morgan fingerprint density at radius 3 is 2.80 bits per heavy atom. The lowest BCUT2D eigenvalue weighted by Gasteiger charge is -2.17. The zero-order chi connectivity index (χ0) is 14.7. The van der Waals surface area contributed by atoms with Gasteiger partial charge in [-0.1, -0.05) is 15.9 Å². The number of hydrogen-bond acceptors (Lipinski definition) is 3. The van der Waals surface area contributed by atoms with Crippen molar-refractivity contribution in [3.8, 4) is 0 Å². The number of carbonyl (C=O) groups is 1. The number of furan rings is 1. The highest BCUT2D eigenvalue weighted by Crippen LogP contribution is 2.26. The van der Waals surface area contributed by atoms with E-state index in [1.807, 2.05) is 45.0 Å². The molecule has 2 atom stereocenters. The summed E-state index contributed by atoms with van der Waals surface area (Å²) in [6.07, 6.45) is 0. The minimum Gasteiger partial charge on any atom is -0.459 e. The van der Waals surface area contributed by atoms with Gasteiger partial charge in [-0.25, -0.2) is 0 Å². The zero-order valence-electron chi connectivity index (χ0n) is 11.9. The normalized spacial score (nSPS) is 14.2. The first-order chi connectivity index (χ1) is 9.51. The topological polar surface area (TPSA) is 54.3 Å². The molecule has 0 bridgehead atoms. The van der Waals surface area contributed by atoms with E-state index >= 15 is 0 Å². The van der Waals surface area contributed by atoms with Crippen molar-refractivity contribution in [3.05, 3.63) is 34.5 Å². The van der Waals surface area contributed by atoms with Crippen LogP contribution in [0.25, 0.3) is 11.0 Å². The SMILES string of the molecule is CCNC(=O)C(C)NC(C)c1cc2cc(Br)ccc2o1. The largest absolute Gasteiger partial charge is 0.459 e. The summed E-state index contributed by atoms with van der Waals surface area (Å²) in [5.41, 5.74) is 0.850. The van der Waals surface area contributed by atoms with E-state index in [1.54, 1.807) is 0 Å². The smallest absolute Gasteiger partial charge is 0.236 e. The first kappa shape index (κ1) is 15.1. The average Bonchev–Trinajstić information content (AvgIpc) is 2.81. The summed E-state index contributed by atoms with van der Waals surface area (Å²) in [5, 5.41) is 7.09. The number of halogens is 1. The van der Waals surface area contributed by atoms with Gasteiger partial charge in [0.05, 0.1) is 12.1 Å². The molecule has 2 aromatic rings.